The van der Waals surface area contributed by atoms with E-state index < -0.39 is 0 Å². The summed E-state index contributed by atoms with van der Waals surface area (Å²) >= 11 is 1.65. The van der Waals surface area contributed by atoms with Gasteiger partial charge in [0.1, 0.15) is 5.01 Å². The fraction of sp³-hybridized carbons (Fsp3) is 0.750. The van der Waals surface area contributed by atoms with E-state index in [1.807, 2.05) is 27.0 Å². The molecule has 1 aliphatic rings. The van der Waals surface area contributed by atoms with Gasteiger partial charge in [-0.2, -0.15) is 0 Å². The number of nitrogens with zero attached hydrogens (tertiary/aromatic N) is 1. The van der Waals surface area contributed by atoms with Crippen molar-refractivity contribution in [3.05, 3.63) is 16.1 Å². The van der Waals surface area contributed by atoms with Gasteiger partial charge in [-0.05, 0) is 58.5 Å². The predicted octanol–water partition coefficient (Wildman–Crippen LogP) is 2.83. The Kier molecular flexibility index (Phi) is 5.38. The number of carbonyl (C=O) groups excluding carboxylic acids is 1. The molecule has 2 atom stereocenters. The van der Waals surface area contributed by atoms with Gasteiger partial charge >= 0.3 is 0 Å². The second kappa shape index (κ2) is 6.88. The molecular formula is C16H27N3OS. The van der Waals surface area contributed by atoms with Crippen molar-refractivity contribution in [1.29, 1.82) is 0 Å². The third kappa shape index (κ3) is 4.51. The van der Waals surface area contributed by atoms with E-state index in [1.165, 1.54) is 17.7 Å². The average molecular weight is 309 g/mol. The number of amides is 1. The van der Waals surface area contributed by atoms with Gasteiger partial charge in [-0.25, -0.2) is 4.98 Å². The number of aryl methyl sites for hydroxylation is 1. The van der Waals surface area contributed by atoms with Crippen LogP contribution in [0, 0.1) is 18.8 Å². The molecule has 21 heavy (non-hydrogen) atoms. The molecule has 118 valence electrons. The van der Waals surface area contributed by atoms with Crippen molar-refractivity contribution in [2.24, 2.45) is 11.8 Å². The highest BCUT2D eigenvalue weighted by Crippen LogP contribution is 2.26. The Morgan fingerprint density at radius 1 is 1.62 bits per heavy atom. The van der Waals surface area contributed by atoms with Gasteiger partial charge in [0.15, 0.2) is 0 Å². The largest absolute Gasteiger partial charge is 0.345 e. The van der Waals surface area contributed by atoms with Crippen LogP contribution in [-0.4, -0.2) is 24.0 Å². The fourth-order valence-electron chi connectivity index (χ4n) is 2.92. The summed E-state index contributed by atoms with van der Waals surface area (Å²) in [6.45, 7) is 10.4. The normalized spacial score (nSPS) is 21.0. The van der Waals surface area contributed by atoms with E-state index in [0.29, 0.717) is 18.3 Å². The van der Waals surface area contributed by atoms with Gasteiger partial charge in [0.25, 0.3) is 0 Å². The molecule has 5 heteroatoms. The first-order chi connectivity index (χ1) is 9.88. The van der Waals surface area contributed by atoms with Crippen LogP contribution in [0.4, 0.5) is 0 Å². The van der Waals surface area contributed by atoms with Crippen LogP contribution in [0.3, 0.4) is 0 Å². The molecule has 0 aliphatic carbocycles. The standard InChI is InChI=1S/C16H27N3OS/c1-11(13-6-5-7-17-10-13)8-14(20)19-16(3,4)15-18-9-12(2)21-15/h9,11,13,17H,5-8,10H2,1-4H3,(H,19,20). The molecule has 4 nitrogen and oxygen atoms in total. The van der Waals surface area contributed by atoms with E-state index in [2.05, 4.69) is 22.5 Å². The van der Waals surface area contributed by atoms with Crippen LogP contribution in [0.2, 0.25) is 0 Å². The van der Waals surface area contributed by atoms with Crippen molar-refractivity contribution in [3.8, 4) is 0 Å². The lowest BCUT2D eigenvalue weighted by molar-refractivity contribution is -0.124. The Labute approximate surface area is 131 Å². The summed E-state index contributed by atoms with van der Waals surface area (Å²) in [6, 6.07) is 0. The van der Waals surface area contributed by atoms with Crippen molar-refractivity contribution in [2.75, 3.05) is 13.1 Å². The highest BCUT2D eigenvalue weighted by molar-refractivity contribution is 7.11. The predicted molar refractivity (Wildman–Crippen MR) is 87.4 cm³/mol. The molecule has 2 rings (SSSR count). The van der Waals surface area contributed by atoms with Crippen molar-refractivity contribution in [2.45, 2.75) is 52.5 Å². The molecule has 1 fully saturated rings. The molecule has 1 saturated heterocycles. The quantitative estimate of drug-likeness (QED) is 0.879. The minimum absolute atomic E-state index is 0.130. The highest BCUT2D eigenvalue weighted by atomic mass is 32.1. The lowest BCUT2D eigenvalue weighted by Crippen LogP contribution is -2.42. The van der Waals surface area contributed by atoms with E-state index in [0.717, 1.165) is 18.1 Å². The Bertz CT molecular complexity index is 478. The fourth-order valence-corrected chi connectivity index (χ4v) is 3.74. The van der Waals surface area contributed by atoms with E-state index in [1.54, 1.807) is 11.3 Å². The SMILES string of the molecule is Cc1cnc(C(C)(C)NC(=O)CC(C)C2CCCNC2)s1. The Balaban J connectivity index is 1.88. The molecule has 0 saturated carbocycles. The molecule has 0 bridgehead atoms. The molecule has 1 aromatic rings. The summed E-state index contributed by atoms with van der Waals surface area (Å²) in [4.78, 5) is 17.9. The third-order valence-electron chi connectivity index (χ3n) is 4.25. The summed E-state index contributed by atoms with van der Waals surface area (Å²) in [6.07, 6.45) is 4.92. The summed E-state index contributed by atoms with van der Waals surface area (Å²) in [5.74, 6) is 1.17. The molecule has 2 unspecified atom stereocenters. The van der Waals surface area contributed by atoms with Gasteiger partial charge in [-0.3, -0.25) is 4.79 Å². The van der Waals surface area contributed by atoms with Gasteiger partial charge in [0.2, 0.25) is 5.91 Å². The van der Waals surface area contributed by atoms with Crippen molar-refractivity contribution in [3.63, 3.8) is 0 Å². The molecule has 0 aromatic carbocycles. The zero-order valence-electron chi connectivity index (χ0n) is 13.5. The minimum atomic E-state index is -0.388. The van der Waals surface area contributed by atoms with Crippen molar-refractivity contribution in [1.82, 2.24) is 15.6 Å². The van der Waals surface area contributed by atoms with Gasteiger partial charge < -0.3 is 10.6 Å². The number of nitrogens with one attached hydrogen (secondary N) is 2. The Morgan fingerprint density at radius 2 is 2.38 bits per heavy atom. The first-order valence-corrected chi connectivity index (χ1v) is 8.65. The van der Waals surface area contributed by atoms with Crippen molar-refractivity contribution < 1.29 is 4.79 Å². The molecule has 2 N–H and O–H groups in total. The second-order valence-electron chi connectivity index (χ2n) is 6.74. The Hall–Kier alpha value is -0.940. The maximum Gasteiger partial charge on any atom is 0.221 e. The molecule has 1 aliphatic heterocycles. The number of hydrogen-bond acceptors (Lipinski definition) is 4. The average Bonchev–Trinajstić information content (AvgIpc) is 2.86. The van der Waals surface area contributed by atoms with E-state index in [9.17, 15) is 4.79 Å². The zero-order chi connectivity index (χ0) is 15.5. The van der Waals surface area contributed by atoms with Crippen LogP contribution < -0.4 is 10.6 Å². The first kappa shape index (κ1) is 16.4. The number of hydrogen-bond donors (Lipinski definition) is 2. The first-order valence-electron chi connectivity index (χ1n) is 7.83. The highest BCUT2D eigenvalue weighted by Gasteiger charge is 2.28. The summed E-state index contributed by atoms with van der Waals surface area (Å²) in [5.41, 5.74) is -0.388. The summed E-state index contributed by atoms with van der Waals surface area (Å²) in [5, 5.41) is 7.54. The lowest BCUT2D eigenvalue weighted by atomic mass is 9.85. The van der Waals surface area contributed by atoms with Gasteiger partial charge in [-0.1, -0.05) is 6.92 Å². The number of thiazole rings is 1. The molecule has 1 amide bonds. The number of piperidine rings is 1. The van der Waals surface area contributed by atoms with E-state index in [-0.39, 0.29) is 11.4 Å². The van der Waals surface area contributed by atoms with Gasteiger partial charge in [-0.15, -0.1) is 11.3 Å². The van der Waals surface area contributed by atoms with Crippen LogP contribution in [0.1, 0.15) is 49.9 Å². The molecule has 0 spiro atoms. The smallest absolute Gasteiger partial charge is 0.221 e. The van der Waals surface area contributed by atoms with Gasteiger partial charge in [0.05, 0.1) is 5.54 Å². The third-order valence-corrected chi connectivity index (χ3v) is 5.49. The lowest BCUT2D eigenvalue weighted by Gasteiger charge is -2.29. The van der Waals surface area contributed by atoms with Gasteiger partial charge in [0, 0.05) is 17.5 Å². The topological polar surface area (TPSA) is 54.0 Å². The summed E-state index contributed by atoms with van der Waals surface area (Å²) < 4.78 is 0. The zero-order valence-corrected chi connectivity index (χ0v) is 14.3. The van der Waals surface area contributed by atoms with E-state index >= 15 is 0 Å². The van der Waals surface area contributed by atoms with Crippen LogP contribution in [0.25, 0.3) is 0 Å². The number of carbonyl (C=O) groups is 1. The number of rotatable bonds is 5. The van der Waals surface area contributed by atoms with Crippen molar-refractivity contribution >= 4 is 17.2 Å². The minimum Gasteiger partial charge on any atom is -0.345 e. The van der Waals surface area contributed by atoms with Crippen LogP contribution in [-0.2, 0) is 10.3 Å². The maximum absolute atomic E-state index is 12.3. The van der Waals surface area contributed by atoms with Crippen LogP contribution in [0.15, 0.2) is 6.20 Å². The van der Waals surface area contributed by atoms with Crippen LogP contribution in [0.5, 0.6) is 0 Å². The summed E-state index contributed by atoms with van der Waals surface area (Å²) in [7, 11) is 0. The molecule has 0 radical (unpaired) electrons. The maximum atomic E-state index is 12.3. The monoisotopic (exact) mass is 309 g/mol. The molecule has 2 heterocycles. The second-order valence-corrected chi connectivity index (χ2v) is 7.97. The van der Waals surface area contributed by atoms with Crippen LogP contribution >= 0.6 is 11.3 Å². The van der Waals surface area contributed by atoms with E-state index in [4.69, 9.17) is 0 Å². The molecular weight excluding hydrogens is 282 g/mol. The Morgan fingerprint density at radius 3 is 2.95 bits per heavy atom. The molecule has 1 aromatic heterocycles. The number of aromatic nitrogens is 1.